The molecule has 1 aromatic carbocycles. The zero-order chi connectivity index (χ0) is 16.5. The van der Waals surface area contributed by atoms with Crippen LogP contribution in [0.15, 0.2) is 42.2 Å². The molecule has 1 aromatic rings. The van der Waals surface area contributed by atoms with Gasteiger partial charge >= 0.3 is 0 Å². The van der Waals surface area contributed by atoms with Gasteiger partial charge in [0.05, 0.1) is 19.8 Å². The molecule has 3 aliphatic rings. The Kier molecular flexibility index (Phi) is 3.94. The van der Waals surface area contributed by atoms with Gasteiger partial charge in [-0.1, -0.05) is 12.1 Å². The second kappa shape index (κ2) is 6.24. The SMILES string of the molecule is COC1=CC=CC2OC(N3CCNCC3)=c3cccc(OC)c3=C12. The molecule has 0 aromatic heterocycles. The van der Waals surface area contributed by atoms with Gasteiger partial charge in [-0.15, -0.1) is 0 Å². The van der Waals surface area contributed by atoms with E-state index in [2.05, 4.69) is 22.4 Å². The van der Waals surface area contributed by atoms with Crippen LogP contribution in [0.1, 0.15) is 0 Å². The molecule has 0 spiro atoms. The maximum atomic E-state index is 6.40. The maximum absolute atomic E-state index is 6.40. The van der Waals surface area contributed by atoms with E-state index in [-0.39, 0.29) is 6.10 Å². The predicted octanol–water partition coefficient (Wildman–Crippen LogP) is 0.316. The van der Waals surface area contributed by atoms with Crippen LogP contribution in [-0.4, -0.2) is 51.4 Å². The van der Waals surface area contributed by atoms with E-state index in [0.717, 1.165) is 59.6 Å². The molecule has 1 atom stereocenters. The van der Waals surface area contributed by atoms with E-state index in [4.69, 9.17) is 14.2 Å². The molecule has 0 radical (unpaired) electrons. The highest BCUT2D eigenvalue weighted by atomic mass is 16.5. The summed E-state index contributed by atoms with van der Waals surface area (Å²) in [5.41, 5.74) is 1.03. The summed E-state index contributed by atoms with van der Waals surface area (Å²) >= 11 is 0. The smallest absolute Gasteiger partial charge is 0.198 e. The average Bonchev–Trinajstić information content (AvgIpc) is 2.66. The number of allylic oxidation sites excluding steroid dienone is 2. The van der Waals surface area contributed by atoms with Crippen LogP contribution >= 0.6 is 0 Å². The third kappa shape index (κ3) is 2.36. The minimum Gasteiger partial charge on any atom is -0.496 e. The highest BCUT2D eigenvalue weighted by Crippen LogP contribution is 2.29. The van der Waals surface area contributed by atoms with Gasteiger partial charge in [-0.3, -0.25) is 0 Å². The summed E-state index contributed by atoms with van der Waals surface area (Å²) in [6, 6.07) is 6.11. The Labute approximate surface area is 141 Å². The van der Waals surface area contributed by atoms with E-state index in [0.29, 0.717) is 0 Å². The van der Waals surface area contributed by atoms with Gasteiger partial charge in [-0.05, 0) is 24.3 Å². The lowest BCUT2D eigenvalue weighted by Gasteiger charge is -2.36. The molecule has 1 aliphatic carbocycles. The molecule has 2 heterocycles. The van der Waals surface area contributed by atoms with Crippen molar-refractivity contribution in [2.45, 2.75) is 6.10 Å². The van der Waals surface area contributed by atoms with Crippen molar-refractivity contribution in [2.75, 3.05) is 40.4 Å². The second-order valence-corrected chi connectivity index (χ2v) is 6.00. The van der Waals surface area contributed by atoms with Gasteiger partial charge < -0.3 is 24.4 Å². The van der Waals surface area contributed by atoms with Crippen LogP contribution in [0.2, 0.25) is 0 Å². The summed E-state index contributed by atoms with van der Waals surface area (Å²) in [5.74, 6) is 2.61. The van der Waals surface area contributed by atoms with Crippen LogP contribution in [0.4, 0.5) is 0 Å². The van der Waals surface area contributed by atoms with E-state index < -0.39 is 0 Å². The number of rotatable bonds is 3. The van der Waals surface area contributed by atoms with Crippen LogP contribution in [0.3, 0.4) is 0 Å². The van der Waals surface area contributed by atoms with Crippen LogP contribution in [0.25, 0.3) is 11.5 Å². The van der Waals surface area contributed by atoms with Gasteiger partial charge in [-0.2, -0.15) is 0 Å². The summed E-state index contributed by atoms with van der Waals surface area (Å²) in [6.45, 7) is 3.80. The first-order chi connectivity index (χ1) is 11.8. The fourth-order valence-electron chi connectivity index (χ4n) is 3.57. The topological polar surface area (TPSA) is 43.0 Å². The zero-order valence-electron chi connectivity index (χ0n) is 14.0. The van der Waals surface area contributed by atoms with Gasteiger partial charge in [0.2, 0.25) is 0 Å². The zero-order valence-corrected chi connectivity index (χ0v) is 14.0. The molecule has 4 rings (SSSR count). The number of nitrogens with one attached hydrogen (secondary N) is 1. The van der Waals surface area contributed by atoms with Crippen molar-refractivity contribution in [1.29, 1.82) is 0 Å². The first-order valence-electron chi connectivity index (χ1n) is 8.30. The Morgan fingerprint density at radius 1 is 1.17 bits per heavy atom. The number of ether oxygens (including phenoxy) is 3. The normalized spacial score (nSPS) is 22.3. The molecule has 1 fully saturated rings. The number of fused-ring (bicyclic) bond motifs is 2. The predicted molar refractivity (Wildman–Crippen MR) is 92.6 cm³/mol. The number of hydrogen-bond acceptors (Lipinski definition) is 5. The molecule has 5 heteroatoms. The fourth-order valence-corrected chi connectivity index (χ4v) is 3.57. The van der Waals surface area contributed by atoms with E-state index in [9.17, 15) is 0 Å². The van der Waals surface area contributed by atoms with Gasteiger partial charge in [0.25, 0.3) is 0 Å². The molecule has 1 unspecified atom stereocenters. The van der Waals surface area contributed by atoms with Crippen molar-refractivity contribution in [1.82, 2.24) is 10.2 Å². The number of benzene rings is 1. The van der Waals surface area contributed by atoms with E-state index in [1.165, 1.54) is 0 Å². The summed E-state index contributed by atoms with van der Waals surface area (Å²) in [7, 11) is 3.40. The van der Waals surface area contributed by atoms with Crippen LogP contribution in [0.5, 0.6) is 5.75 Å². The standard InChI is InChI=1S/C19H22N2O3/c1-22-14-6-3-5-13-17(14)18-15(23-2)7-4-8-16(18)24-19(13)21-11-9-20-10-12-21/h3-8,16,20H,9-12H2,1-2H3. The lowest BCUT2D eigenvalue weighted by Crippen LogP contribution is -2.49. The van der Waals surface area contributed by atoms with Crippen molar-refractivity contribution in [3.05, 3.63) is 52.6 Å². The van der Waals surface area contributed by atoms with Gasteiger partial charge in [-0.25, -0.2) is 0 Å². The number of hydrogen-bond donors (Lipinski definition) is 1. The minimum absolute atomic E-state index is 0.154. The quantitative estimate of drug-likeness (QED) is 0.866. The molecule has 126 valence electrons. The van der Waals surface area contributed by atoms with Crippen molar-refractivity contribution in [2.24, 2.45) is 0 Å². The van der Waals surface area contributed by atoms with Gasteiger partial charge in [0.15, 0.2) is 5.88 Å². The molecule has 0 saturated carbocycles. The molecule has 1 N–H and O–H groups in total. The summed E-state index contributed by atoms with van der Waals surface area (Å²) in [5, 5.41) is 5.53. The highest BCUT2D eigenvalue weighted by Gasteiger charge is 2.30. The number of piperazine rings is 1. The lowest BCUT2D eigenvalue weighted by atomic mass is 9.96. The van der Waals surface area contributed by atoms with Crippen LogP contribution in [0, 0.1) is 0 Å². The van der Waals surface area contributed by atoms with E-state index in [1.807, 2.05) is 24.3 Å². The molecule has 2 aliphatic heterocycles. The van der Waals surface area contributed by atoms with Crippen molar-refractivity contribution in [3.63, 3.8) is 0 Å². The minimum atomic E-state index is -0.154. The molecule has 0 bridgehead atoms. The molecule has 0 amide bonds. The van der Waals surface area contributed by atoms with E-state index >= 15 is 0 Å². The molecule has 24 heavy (non-hydrogen) atoms. The van der Waals surface area contributed by atoms with Crippen molar-refractivity contribution < 1.29 is 14.2 Å². The summed E-state index contributed by atoms with van der Waals surface area (Å²) in [6.07, 6.45) is 5.87. The fraction of sp³-hybridized carbons (Fsp3) is 0.368. The largest absolute Gasteiger partial charge is 0.496 e. The molecular weight excluding hydrogens is 304 g/mol. The third-order valence-electron chi connectivity index (χ3n) is 4.69. The first-order valence-corrected chi connectivity index (χ1v) is 8.30. The Bertz CT molecular complexity index is 820. The Morgan fingerprint density at radius 3 is 2.75 bits per heavy atom. The van der Waals surface area contributed by atoms with Crippen LogP contribution < -0.4 is 20.5 Å². The summed E-state index contributed by atoms with van der Waals surface area (Å²) < 4.78 is 17.7. The van der Waals surface area contributed by atoms with Gasteiger partial charge in [0.1, 0.15) is 17.6 Å². The second-order valence-electron chi connectivity index (χ2n) is 6.00. The Hall–Kier alpha value is -2.40. The Balaban J connectivity index is 2.02. The van der Waals surface area contributed by atoms with Gasteiger partial charge in [0, 0.05) is 36.6 Å². The highest BCUT2D eigenvalue weighted by molar-refractivity contribution is 5.74. The average molecular weight is 326 g/mol. The first kappa shape index (κ1) is 15.1. The molecule has 1 saturated heterocycles. The lowest BCUT2D eigenvalue weighted by molar-refractivity contribution is 0.156. The molecular formula is C19H22N2O3. The number of nitrogens with zero attached hydrogens (tertiary/aromatic N) is 1. The summed E-state index contributed by atoms with van der Waals surface area (Å²) in [4.78, 5) is 2.31. The van der Waals surface area contributed by atoms with E-state index in [1.54, 1.807) is 14.2 Å². The van der Waals surface area contributed by atoms with Crippen molar-refractivity contribution >= 4 is 11.5 Å². The monoisotopic (exact) mass is 326 g/mol. The molecule has 5 nitrogen and oxygen atoms in total. The van der Waals surface area contributed by atoms with Crippen molar-refractivity contribution in [3.8, 4) is 5.75 Å². The third-order valence-corrected chi connectivity index (χ3v) is 4.69. The van der Waals surface area contributed by atoms with Crippen LogP contribution in [-0.2, 0) is 9.47 Å². The Morgan fingerprint density at radius 2 is 2.00 bits per heavy atom. The number of methoxy groups -OCH3 is 2. The maximum Gasteiger partial charge on any atom is 0.198 e.